The molecule has 1 aliphatic rings. The molecule has 1 nitrogen and oxygen atoms in total. The molecule has 1 aromatic heterocycles. The zero-order valence-corrected chi connectivity index (χ0v) is 22.6. The molecule has 0 saturated heterocycles. The Kier molecular flexibility index (Phi) is 4.87. The van der Waals surface area contributed by atoms with E-state index in [0.29, 0.717) is 0 Å². The zero-order valence-electron chi connectivity index (χ0n) is 22.6. The minimum Gasteiger partial charge on any atom is -0.456 e. The predicted octanol–water partition coefficient (Wildman–Crippen LogP) is 9.71. The Labute approximate surface area is 215 Å². The van der Waals surface area contributed by atoms with Gasteiger partial charge in [-0.2, -0.15) is 0 Å². The summed E-state index contributed by atoms with van der Waals surface area (Å²) in [4.78, 5) is 0. The molecule has 182 valence electrons. The second kappa shape index (κ2) is 7.59. The lowest BCUT2D eigenvalue weighted by atomic mass is 9.76. The third-order valence-electron chi connectivity index (χ3n) is 8.39. The summed E-state index contributed by atoms with van der Waals surface area (Å²) in [5, 5.41) is 2.40. The minimum atomic E-state index is -0.0728. The van der Waals surface area contributed by atoms with Gasteiger partial charge >= 0.3 is 0 Å². The van der Waals surface area contributed by atoms with Gasteiger partial charge in [0.1, 0.15) is 11.2 Å². The molecule has 0 atom stereocenters. The second-order valence-electron chi connectivity index (χ2n) is 12.9. The Bertz CT molecular complexity index is 1640. The van der Waals surface area contributed by atoms with Gasteiger partial charge in [0.15, 0.2) is 0 Å². The van der Waals surface area contributed by atoms with Crippen LogP contribution in [0.25, 0.3) is 33.1 Å². The third-order valence-corrected chi connectivity index (χ3v) is 8.39. The van der Waals surface area contributed by atoms with Crippen molar-refractivity contribution in [1.82, 2.24) is 0 Å². The first-order valence-corrected chi connectivity index (χ1v) is 13.2. The fourth-order valence-corrected chi connectivity index (χ4v) is 6.26. The molecule has 0 aliphatic heterocycles. The maximum Gasteiger partial charge on any atom is 0.139 e. The van der Waals surface area contributed by atoms with Crippen LogP contribution in [0.5, 0.6) is 0 Å². The Morgan fingerprint density at radius 1 is 0.694 bits per heavy atom. The molecule has 0 N–H and O–H groups in total. The topological polar surface area (TPSA) is 13.1 Å². The van der Waals surface area contributed by atoms with E-state index in [-0.39, 0.29) is 16.2 Å². The molecule has 1 heteroatoms. The van der Waals surface area contributed by atoms with Crippen molar-refractivity contribution in [2.45, 2.75) is 71.1 Å². The van der Waals surface area contributed by atoms with Crippen molar-refractivity contribution in [2.75, 3.05) is 0 Å². The summed E-state index contributed by atoms with van der Waals surface area (Å²) in [7, 11) is 0. The molecular weight excluding hydrogens is 436 g/mol. The Hall–Kier alpha value is -3.32. The van der Waals surface area contributed by atoms with Crippen LogP contribution in [0.4, 0.5) is 0 Å². The second-order valence-corrected chi connectivity index (χ2v) is 12.9. The average molecular weight is 473 g/mol. The average Bonchev–Trinajstić information content (AvgIpc) is 3.31. The molecule has 0 spiro atoms. The van der Waals surface area contributed by atoms with Crippen LogP contribution in [-0.4, -0.2) is 0 Å². The number of para-hydroxylation sites is 2. The monoisotopic (exact) mass is 472 g/mol. The normalized spacial score (nSPS) is 14.9. The molecule has 36 heavy (non-hydrogen) atoms. The molecule has 0 fully saturated rings. The fourth-order valence-electron chi connectivity index (χ4n) is 6.26. The maximum atomic E-state index is 6.40. The lowest BCUT2D eigenvalue weighted by Crippen LogP contribution is -2.21. The van der Waals surface area contributed by atoms with E-state index in [4.69, 9.17) is 4.42 Å². The predicted molar refractivity (Wildman–Crippen MR) is 153 cm³/mol. The number of benzene rings is 4. The molecule has 0 unspecified atom stereocenters. The zero-order chi connectivity index (χ0) is 25.5. The van der Waals surface area contributed by atoms with Crippen molar-refractivity contribution in [3.05, 3.63) is 107 Å². The number of furan rings is 1. The van der Waals surface area contributed by atoms with Gasteiger partial charge in [0.05, 0.1) is 0 Å². The van der Waals surface area contributed by atoms with E-state index in [0.717, 1.165) is 17.6 Å². The van der Waals surface area contributed by atoms with Gasteiger partial charge in [-0.25, -0.2) is 0 Å². The van der Waals surface area contributed by atoms with Gasteiger partial charge in [0.25, 0.3) is 0 Å². The first-order chi connectivity index (χ1) is 17.0. The molecule has 1 heterocycles. The van der Waals surface area contributed by atoms with Crippen molar-refractivity contribution in [2.24, 2.45) is 0 Å². The van der Waals surface area contributed by atoms with Gasteiger partial charge in [-0.1, -0.05) is 121 Å². The van der Waals surface area contributed by atoms with Crippen LogP contribution >= 0.6 is 0 Å². The Morgan fingerprint density at radius 3 is 2.22 bits per heavy atom. The number of fused-ring (bicyclic) bond motifs is 6. The van der Waals surface area contributed by atoms with Crippen molar-refractivity contribution < 1.29 is 4.42 Å². The van der Waals surface area contributed by atoms with Crippen LogP contribution in [0.3, 0.4) is 0 Å². The Balaban J connectivity index is 1.41. The summed E-state index contributed by atoms with van der Waals surface area (Å²) < 4.78 is 6.40. The van der Waals surface area contributed by atoms with Crippen LogP contribution in [0, 0.1) is 0 Å². The van der Waals surface area contributed by atoms with Crippen LogP contribution in [0.2, 0.25) is 0 Å². The van der Waals surface area contributed by atoms with Gasteiger partial charge in [0, 0.05) is 21.8 Å². The fraction of sp³-hybridized carbons (Fsp3) is 0.314. The molecule has 0 radical (unpaired) electrons. The molecule has 4 aromatic carbocycles. The lowest BCUT2D eigenvalue weighted by Gasteiger charge is -2.27. The van der Waals surface area contributed by atoms with E-state index < -0.39 is 0 Å². The lowest BCUT2D eigenvalue weighted by molar-refractivity contribution is 0.514. The highest BCUT2D eigenvalue weighted by Crippen LogP contribution is 2.50. The molecule has 1 aliphatic carbocycles. The smallest absolute Gasteiger partial charge is 0.139 e. The summed E-state index contributed by atoms with van der Waals surface area (Å²) in [6.45, 7) is 16.3. The first-order valence-electron chi connectivity index (χ1n) is 13.2. The van der Waals surface area contributed by atoms with Crippen molar-refractivity contribution in [3.8, 4) is 11.1 Å². The van der Waals surface area contributed by atoms with Gasteiger partial charge in [0.2, 0.25) is 0 Å². The van der Waals surface area contributed by atoms with Gasteiger partial charge < -0.3 is 4.42 Å². The molecule has 5 aromatic rings. The van der Waals surface area contributed by atoms with Crippen LogP contribution < -0.4 is 0 Å². The van der Waals surface area contributed by atoms with E-state index in [1.807, 2.05) is 6.07 Å². The van der Waals surface area contributed by atoms with E-state index in [2.05, 4.69) is 121 Å². The largest absolute Gasteiger partial charge is 0.456 e. The van der Waals surface area contributed by atoms with Gasteiger partial charge in [-0.15, -0.1) is 0 Å². The van der Waals surface area contributed by atoms with Gasteiger partial charge in [-0.3, -0.25) is 0 Å². The Morgan fingerprint density at radius 2 is 1.44 bits per heavy atom. The summed E-state index contributed by atoms with van der Waals surface area (Å²) in [5.41, 5.74) is 11.8. The molecule has 0 saturated carbocycles. The summed E-state index contributed by atoms with van der Waals surface area (Å²) in [6, 6.07) is 29.2. The SMILES string of the molecule is CC(C)(C)c1ccc2c(c1)-c1ccc(CC(C)(C)c3cccc4c3oc3ccccc34)cc1C2(C)C. The van der Waals surface area contributed by atoms with Crippen LogP contribution in [0.1, 0.15) is 76.3 Å². The molecule has 0 bridgehead atoms. The van der Waals surface area contributed by atoms with Crippen molar-refractivity contribution in [1.29, 1.82) is 0 Å². The highest BCUT2D eigenvalue weighted by atomic mass is 16.3. The number of rotatable bonds is 3. The third kappa shape index (κ3) is 3.44. The highest BCUT2D eigenvalue weighted by molar-refractivity contribution is 6.06. The van der Waals surface area contributed by atoms with Gasteiger partial charge in [-0.05, 0) is 56.7 Å². The standard InChI is InChI=1S/C35H36O/c1-33(2,3)23-16-18-28-27(20-23)24-17-15-22(19-30(24)35(28,6)7)21-34(4,5)29-13-10-12-26-25-11-8-9-14-31(25)36-32(26)29/h8-20H,21H2,1-7H3. The van der Waals surface area contributed by atoms with E-state index in [1.54, 1.807) is 0 Å². The summed E-state index contributed by atoms with van der Waals surface area (Å²) in [6.07, 6.45) is 0.954. The first kappa shape index (κ1) is 23.1. The minimum absolute atomic E-state index is 0.0000169. The highest BCUT2D eigenvalue weighted by Gasteiger charge is 2.37. The van der Waals surface area contributed by atoms with Crippen molar-refractivity contribution in [3.63, 3.8) is 0 Å². The summed E-state index contributed by atoms with van der Waals surface area (Å²) >= 11 is 0. The molecular formula is C35H36O. The van der Waals surface area contributed by atoms with E-state index in [1.165, 1.54) is 49.7 Å². The maximum absolute atomic E-state index is 6.40. The molecule has 6 rings (SSSR count). The molecule has 0 amide bonds. The van der Waals surface area contributed by atoms with Crippen LogP contribution in [-0.2, 0) is 22.7 Å². The van der Waals surface area contributed by atoms with Crippen molar-refractivity contribution >= 4 is 21.9 Å². The number of hydrogen-bond donors (Lipinski definition) is 0. The number of hydrogen-bond acceptors (Lipinski definition) is 1. The quantitative estimate of drug-likeness (QED) is 0.255. The van der Waals surface area contributed by atoms with Crippen LogP contribution in [0.15, 0.2) is 83.3 Å². The van der Waals surface area contributed by atoms with E-state index >= 15 is 0 Å². The summed E-state index contributed by atoms with van der Waals surface area (Å²) in [5.74, 6) is 0. The van der Waals surface area contributed by atoms with E-state index in [9.17, 15) is 0 Å².